The molecule has 4 heteroatoms. The Morgan fingerprint density at radius 1 is 1.21 bits per heavy atom. The SMILES string of the molecule is Oc1cccc(OCC2CCC3(CC2)OCCO3)c1. The van der Waals surface area contributed by atoms with Crippen LogP contribution >= 0.6 is 0 Å². The van der Waals surface area contributed by atoms with Crippen molar-refractivity contribution in [3.63, 3.8) is 0 Å². The van der Waals surface area contributed by atoms with Crippen LogP contribution in [0, 0.1) is 5.92 Å². The van der Waals surface area contributed by atoms with Crippen molar-refractivity contribution in [3.05, 3.63) is 24.3 Å². The van der Waals surface area contributed by atoms with E-state index >= 15 is 0 Å². The highest BCUT2D eigenvalue weighted by atomic mass is 16.7. The standard InChI is InChI=1S/C15H20O4/c16-13-2-1-3-14(10-13)17-11-12-4-6-15(7-5-12)18-8-9-19-15/h1-3,10,12,16H,4-9,11H2. The van der Waals surface area contributed by atoms with Gasteiger partial charge in [-0.05, 0) is 30.9 Å². The molecule has 1 aromatic rings. The van der Waals surface area contributed by atoms with E-state index in [1.165, 1.54) is 0 Å². The van der Waals surface area contributed by atoms with Crippen LogP contribution in [0.1, 0.15) is 25.7 Å². The number of aromatic hydroxyl groups is 1. The number of ether oxygens (including phenoxy) is 3. The third kappa shape index (κ3) is 3.01. The molecule has 4 nitrogen and oxygen atoms in total. The molecule has 1 aliphatic heterocycles. The number of rotatable bonds is 3. The fourth-order valence-corrected chi connectivity index (χ4v) is 2.86. The lowest BCUT2D eigenvalue weighted by atomic mass is 9.85. The van der Waals surface area contributed by atoms with Gasteiger partial charge < -0.3 is 19.3 Å². The molecule has 2 fully saturated rings. The fourth-order valence-electron chi connectivity index (χ4n) is 2.86. The average molecular weight is 264 g/mol. The maximum atomic E-state index is 9.38. The number of hydrogen-bond donors (Lipinski definition) is 1. The molecule has 0 bridgehead atoms. The zero-order valence-electron chi connectivity index (χ0n) is 11.0. The van der Waals surface area contributed by atoms with Crippen molar-refractivity contribution in [1.82, 2.24) is 0 Å². The topological polar surface area (TPSA) is 47.9 Å². The third-order valence-electron chi connectivity index (χ3n) is 3.98. The first-order chi connectivity index (χ1) is 9.26. The van der Waals surface area contributed by atoms with Crippen LogP contribution in [0.3, 0.4) is 0 Å². The molecule has 104 valence electrons. The Morgan fingerprint density at radius 2 is 1.95 bits per heavy atom. The van der Waals surface area contributed by atoms with E-state index < -0.39 is 0 Å². The molecule has 19 heavy (non-hydrogen) atoms. The van der Waals surface area contributed by atoms with Crippen molar-refractivity contribution in [2.24, 2.45) is 5.92 Å². The Kier molecular flexibility index (Phi) is 3.62. The second kappa shape index (κ2) is 5.39. The highest BCUT2D eigenvalue weighted by Gasteiger charge is 2.40. The van der Waals surface area contributed by atoms with E-state index in [0.29, 0.717) is 12.5 Å². The first kappa shape index (κ1) is 12.8. The number of phenols is 1. The van der Waals surface area contributed by atoms with E-state index in [1.54, 1.807) is 18.2 Å². The predicted octanol–water partition coefficient (Wildman–Crippen LogP) is 2.70. The molecule has 1 saturated heterocycles. The summed E-state index contributed by atoms with van der Waals surface area (Å²) in [6.07, 6.45) is 4.06. The molecule has 1 aliphatic carbocycles. The lowest BCUT2D eigenvalue weighted by Crippen LogP contribution is -2.36. The highest BCUT2D eigenvalue weighted by Crippen LogP contribution is 2.38. The summed E-state index contributed by atoms with van der Waals surface area (Å²) in [4.78, 5) is 0. The summed E-state index contributed by atoms with van der Waals surface area (Å²) in [5.74, 6) is 1.23. The summed E-state index contributed by atoms with van der Waals surface area (Å²) in [6.45, 7) is 2.15. The molecule has 1 saturated carbocycles. The van der Waals surface area contributed by atoms with Gasteiger partial charge in [0.25, 0.3) is 0 Å². The summed E-state index contributed by atoms with van der Waals surface area (Å²) in [7, 11) is 0. The van der Waals surface area contributed by atoms with Gasteiger partial charge >= 0.3 is 0 Å². The van der Waals surface area contributed by atoms with E-state index in [9.17, 15) is 5.11 Å². The minimum Gasteiger partial charge on any atom is -0.508 e. The van der Waals surface area contributed by atoms with Crippen molar-refractivity contribution in [2.75, 3.05) is 19.8 Å². The second-order valence-corrected chi connectivity index (χ2v) is 5.36. The van der Waals surface area contributed by atoms with Gasteiger partial charge in [-0.25, -0.2) is 0 Å². The molecule has 0 amide bonds. The van der Waals surface area contributed by atoms with Crippen LogP contribution in [0.2, 0.25) is 0 Å². The lowest BCUT2D eigenvalue weighted by molar-refractivity contribution is -0.183. The summed E-state index contributed by atoms with van der Waals surface area (Å²) >= 11 is 0. The van der Waals surface area contributed by atoms with Gasteiger partial charge in [-0.15, -0.1) is 0 Å². The lowest BCUT2D eigenvalue weighted by Gasteiger charge is -2.35. The predicted molar refractivity (Wildman–Crippen MR) is 70.2 cm³/mol. The normalized spacial score (nSPS) is 22.7. The molecule has 2 aliphatic rings. The summed E-state index contributed by atoms with van der Waals surface area (Å²) in [6, 6.07) is 6.95. The van der Waals surface area contributed by atoms with Crippen molar-refractivity contribution >= 4 is 0 Å². The monoisotopic (exact) mass is 264 g/mol. The van der Waals surface area contributed by atoms with Crippen molar-refractivity contribution in [1.29, 1.82) is 0 Å². The molecule has 0 radical (unpaired) electrons. The fraction of sp³-hybridized carbons (Fsp3) is 0.600. The molecule has 0 atom stereocenters. The Morgan fingerprint density at radius 3 is 2.63 bits per heavy atom. The van der Waals surface area contributed by atoms with Crippen LogP contribution in [0.15, 0.2) is 24.3 Å². The highest BCUT2D eigenvalue weighted by molar-refractivity contribution is 5.31. The molecule has 0 unspecified atom stereocenters. The largest absolute Gasteiger partial charge is 0.508 e. The van der Waals surface area contributed by atoms with Crippen molar-refractivity contribution in [3.8, 4) is 11.5 Å². The van der Waals surface area contributed by atoms with Crippen LogP contribution in [0.5, 0.6) is 11.5 Å². The zero-order valence-corrected chi connectivity index (χ0v) is 11.0. The van der Waals surface area contributed by atoms with Crippen molar-refractivity contribution < 1.29 is 19.3 Å². The van der Waals surface area contributed by atoms with Gasteiger partial charge in [0, 0.05) is 18.9 Å². The summed E-state index contributed by atoms with van der Waals surface area (Å²) < 4.78 is 17.2. The Balaban J connectivity index is 1.47. The van der Waals surface area contributed by atoms with Crippen LogP contribution < -0.4 is 4.74 Å². The number of benzene rings is 1. The van der Waals surface area contributed by atoms with Gasteiger partial charge in [0.15, 0.2) is 5.79 Å². The smallest absolute Gasteiger partial charge is 0.168 e. The van der Waals surface area contributed by atoms with Gasteiger partial charge in [-0.2, -0.15) is 0 Å². The van der Waals surface area contributed by atoms with E-state index in [2.05, 4.69) is 0 Å². The van der Waals surface area contributed by atoms with Crippen LogP contribution in [0.25, 0.3) is 0 Å². The minimum absolute atomic E-state index is 0.243. The molecular weight excluding hydrogens is 244 g/mol. The number of phenolic OH excluding ortho intramolecular Hbond substituents is 1. The van der Waals surface area contributed by atoms with Gasteiger partial charge in [-0.1, -0.05) is 6.07 Å². The first-order valence-electron chi connectivity index (χ1n) is 6.96. The maximum absolute atomic E-state index is 9.38. The molecule has 0 aromatic heterocycles. The van der Waals surface area contributed by atoms with Crippen LogP contribution in [0.4, 0.5) is 0 Å². The Bertz CT molecular complexity index is 416. The molecule has 1 spiro atoms. The molecule has 1 heterocycles. The van der Waals surface area contributed by atoms with Gasteiger partial charge in [-0.3, -0.25) is 0 Å². The zero-order chi connectivity index (χ0) is 13.1. The van der Waals surface area contributed by atoms with Gasteiger partial charge in [0.1, 0.15) is 11.5 Å². The van der Waals surface area contributed by atoms with E-state index in [1.807, 2.05) is 6.07 Å². The van der Waals surface area contributed by atoms with Crippen molar-refractivity contribution in [2.45, 2.75) is 31.5 Å². The Hall–Kier alpha value is -1.26. The van der Waals surface area contributed by atoms with E-state index in [-0.39, 0.29) is 11.5 Å². The van der Waals surface area contributed by atoms with E-state index in [4.69, 9.17) is 14.2 Å². The summed E-state index contributed by atoms with van der Waals surface area (Å²) in [5, 5.41) is 9.38. The molecule has 1 aromatic carbocycles. The van der Waals surface area contributed by atoms with E-state index in [0.717, 1.165) is 44.6 Å². The molecule has 1 N–H and O–H groups in total. The summed E-state index contributed by atoms with van der Waals surface area (Å²) in [5.41, 5.74) is 0. The minimum atomic E-state index is -0.290. The molecule has 3 rings (SSSR count). The third-order valence-corrected chi connectivity index (χ3v) is 3.98. The molecular formula is C15H20O4. The quantitative estimate of drug-likeness (QED) is 0.912. The van der Waals surface area contributed by atoms with Gasteiger partial charge in [0.2, 0.25) is 0 Å². The second-order valence-electron chi connectivity index (χ2n) is 5.36. The Labute approximate surface area is 113 Å². The maximum Gasteiger partial charge on any atom is 0.168 e. The van der Waals surface area contributed by atoms with Crippen LogP contribution in [-0.2, 0) is 9.47 Å². The average Bonchev–Trinajstić information content (AvgIpc) is 2.87. The van der Waals surface area contributed by atoms with Gasteiger partial charge in [0.05, 0.1) is 19.8 Å². The first-order valence-corrected chi connectivity index (χ1v) is 6.96. The van der Waals surface area contributed by atoms with Crippen LogP contribution in [-0.4, -0.2) is 30.7 Å². The number of hydrogen-bond acceptors (Lipinski definition) is 4.